The van der Waals surface area contributed by atoms with E-state index < -0.39 is 0 Å². The lowest BCUT2D eigenvalue weighted by Gasteiger charge is -2.34. The number of fused-ring (bicyclic) bond motifs is 1. The first-order chi connectivity index (χ1) is 19.5. The lowest BCUT2D eigenvalue weighted by molar-refractivity contribution is -0.134. The third-order valence-corrected chi connectivity index (χ3v) is 9.52. The van der Waals surface area contributed by atoms with Crippen molar-refractivity contribution >= 4 is 28.7 Å². The number of hydrogen-bond donors (Lipinski definition) is 1. The molecular weight excluding hydrogens is 519 g/mol. The number of thioether (sulfide) groups is 1. The van der Waals surface area contributed by atoms with E-state index in [0.29, 0.717) is 35.6 Å². The van der Waals surface area contributed by atoms with Crippen LogP contribution in [0.1, 0.15) is 43.6 Å². The first kappa shape index (κ1) is 27.0. The van der Waals surface area contributed by atoms with Gasteiger partial charge in [-0.15, -0.1) is 11.8 Å². The molecule has 3 aromatic carbocycles. The Morgan fingerprint density at radius 2 is 1.68 bits per heavy atom. The molecule has 1 N–H and O–H groups in total. The normalized spacial score (nSPS) is 20.2. The Morgan fingerprint density at radius 1 is 0.950 bits per heavy atom. The van der Waals surface area contributed by atoms with Crippen molar-refractivity contribution in [2.24, 2.45) is 5.92 Å². The number of halogens is 1. The molecule has 0 bridgehead atoms. The summed E-state index contributed by atoms with van der Waals surface area (Å²) >= 11 is 1.67. The van der Waals surface area contributed by atoms with Gasteiger partial charge in [0.15, 0.2) is 0 Å². The number of piperazine rings is 1. The highest BCUT2D eigenvalue weighted by Crippen LogP contribution is 2.38. The van der Waals surface area contributed by atoms with Gasteiger partial charge in [0, 0.05) is 37.5 Å². The number of H-pyrrole nitrogens is 1. The highest BCUT2D eigenvalue weighted by atomic mass is 32.2. The van der Waals surface area contributed by atoms with Crippen LogP contribution in [0.3, 0.4) is 0 Å². The minimum absolute atomic E-state index is 0.282. The number of nitrogens with zero attached hydrogens (tertiary/aromatic N) is 3. The number of carbonyl (C=O) groups excluding carboxylic acids is 1. The second-order valence-electron chi connectivity index (χ2n) is 11.4. The van der Waals surface area contributed by atoms with Gasteiger partial charge in [-0.1, -0.05) is 30.3 Å². The maximum atomic E-state index is 15.2. The zero-order chi connectivity index (χ0) is 27.6. The number of aromatic nitrogens is 2. The standard InChI is InChI=1S/C33H37FN4OS/c1-37-15-17-38(18-16-37)32(39)19-22-3-5-23(6-4-22)24-7-9-25(10-8-24)26-11-13-28(29(34)20-26)33-35-30-14-12-27(40-2)21-31(30)36-33/h7-14,20-23H,3-6,15-19H2,1-2H3,(H,35,36). The van der Waals surface area contributed by atoms with Crippen molar-refractivity contribution < 1.29 is 9.18 Å². The van der Waals surface area contributed by atoms with Gasteiger partial charge in [-0.05, 0) is 97.8 Å². The monoisotopic (exact) mass is 556 g/mol. The van der Waals surface area contributed by atoms with Crippen LogP contribution in [0.5, 0.6) is 0 Å². The van der Waals surface area contributed by atoms with Crippen molar-refractivity contribution in [2.75, 3.05) is 39.5 Å². The van der Waals surface area contributed by atoms with Crippen molar-refractivity contribution in [3.63, 3.8) is 0 Å². The molecule has 1 aliphatic heterocycles. The summed E-state index contributed by atoms with van der Waals surface area (Å²) < 4.78 is 15.2. The predicted molar refractivity (Wildman–Crippen MR) is 162 cm³/mol. The van der Waals surface area contributed by atoms with E-state index in [0.717, 1.165) is 78.9 Å². The molecule has 0 spiro atoms. The van der Waals surface area contributed by atoms with Crippen LogP contribution in [-0.2, 0) is 4.79 Å². The molecule has 1 amide bonds. The Bertz CT molecular complexity index is 1480. The van der Waals surface area contributed by atoms with Gasteiger partial charge in [-0.2, -0.15) is 0 Å². The number of nitrogens with one attached hydrogen (secondary N) is 1. The number of aromatic amines is 1. The summed E-state index contributed by atoms with van der Waals surface area (Å²) in [6.07, 6.45) is 7.20. The quantitative estimate of drug-likeness (QED) is 0.255. The van der Waals surface area contributed by atoms with Crippen LogP contribution in [0.4, 0.5) is 4.39 Å². The number of benzene rings is 3. The van der Waals surface area contributed by atoms with E-state index >= 15 is 4.39 Å². The van der Waals surface area contributed by atoms with Crippen LogP contribution in [0, 0.1) is 11.7 Å². The molecule has 4 aromatic rings. The van der Waals surface area contributed by atoms with E-state index in [1.54, 1.807) is 17.8 Å². The molecule has 0 unspecified atom stereocenters. The zero-order valence-electron chi connectivity index (χ0n) is 23.3. The predicted octanol–water partition coefficient (Wildman–Crippen LogP) is 7.20. The van der Waals surface area contributed by atoms with Crippen molar-refractivity contribution in [1.29, 1.82) is 0 Å². The fourth-order valence-electron chi connectivity index (χ4n) is 6.21. The zero-order valence-corrected chi connectivity index (χ0v) is 24.1. The fraction of sp³-hybridized carbons (Fsp3) is 0.394. The van der Waals surface area contributed by atoms with Crippen LogP contribution >= 0.6 is 11.8 Å². The maximum Gasteiger partial charge on any atom is 0.222 e. The second-order valence-corrected chi connectivity index (χ2v) is 12.3. The van der Waals surface area contributed by atoms with Crippen LogP contribution in [-0.4, -0.2) is 65.2 Å². The summed E-state index contributed by atoms with van der Waals surface area (Å²) in [6.45, 7) is 3.68. The van der Waals surface area contributed by atoms with E-state index in [1.807, 2.05) is 36.6 Å². The van der Waals surface area contributed by atoms with Gasteiger partial charge >= 0.3 is 0 Å². The van der Waals surface area contributed by atoms with Gasteiger partial charge in [0.1, 0.15) is 11.6 Å². The minimum Gasteiger partial charge on any atom is -0.340 e. The van der Waals surface area contributed by atoms with Crippen LogP contribution in [0.15, 0.2) is 65.6 Å². The van der Waals surface area contributed by atoms with Crippen LogP contribution in [0.25, 0.3) is 33.5 Å². The largest absolute Gasteiger partial charge is 0.340 e. The van der Waals surface area contributed by atoms with Crippen molar-refractivity contribution in [3.8, 4) is 22.5 Å². The lowest BCUT2D eigenvalue weighted by atomic mass is 9.77. The highest BCUT2D eigenvalue weighted by molar-refractivity contribution is 7.98. The molecule has 0 atom stereocenters. The maximum absolute atomic E-state index is 15.2. The fourth-order valence-corrected chi connectivity index (χ4v) is 6.65. The first-order valence-electron chi connectivity index (χ1n) is 14.4. The van der Waals surface area contributed by atoms with E-state index in [1.165, 1.54) is 5.56 Å². The smallest absolute Gasteiger partial charge is 0.222 e. The third kappa shape index (κ3) is 5.81. The molecule has 5 nitrogen and oxygen atoms in total. The second kappa shape index (κ2) is 11.8. The van der Waals surface area contributed by atoms with E-state index in [2.05, 4.69) is 51.1 Å². The molecule has 7 heteroatoms. The molecule has 40 heavy (non-hydrogen) atoms. The van der Waals surface area contributed by atoms with Gasteiger partial charge in [-0.3, -0.25) is 4.79 Å². The average molecular weight is 557 g/mol. The van der Waals surface area contributed by atoms with Crippen LogP contribution < -0.4 is 0 Å². The molecule has 2 aliphatic rings. The Kier molecular flexibility index (Phi) is 7.94. The first-order valence-corrected chi connectivity index (χ1v) is 15.6. The third-order valence-electron chi connectivity index (χ3n) is 8.79. The number of hydrogen-bond acceptors (Lipinski definition) is 4. The summed E-state index contributed by atoms with van der Waals surface area (Å²) in [7, 11) is 2.12. The van der Waals surface area contributed by atoms with Crippen molar-refractivity contribution in [2.45, 2.75) is 42.9 Å². The molecule has 208 valence electrons. The minimum atomic E-state index is -0.282. The lowest BCUT2D eigenvalue weighted by Crippen LogP contribution is -2.47. The van der Waals surface area contributed by atoms with Crippen molar-refractivity contribution in [1.82, 2.24) is 19.8 Å². The number of carbonyl (C=O) groups is 1. The van der Waals surface area contributed by atoms with E-state index in [9.17, 15) is 4.79 Å². The van der Waals surface area contributed by atoms with E-state index in [-0.39, 0.29) is 5.82 Å². The Labute approximate surface area is 240 Å². The van der Waals surface area contributed by atoms with Gasteiger partial charge in [-0.25, -0.2) is 9.37 Å². The van der Waals surface area contributed by atoms with Crippen LogP contribution in [0.2, 0.25) is 0 Å². The van der Waals surface area contributed by atoms with Gasteiger partial charge < -0.3 is 14.8 Å². The summed E-state index contributed by atoms with van der Waals surface area (Å²) in [6, 6.07) is 20.0. The van der Waals surface area contributed by atoms with Gasteiger partial charge in [0.05, 0.1) is 16.6 Å². The molecule has 2 heterocycles. The van der Waals surface area contributed by atoms with Gasteiger partial charge in [0.2, 0.25) is 5.91 Å². The highest BCUT2D eigenvalue weighted by Gasteiger charge is 2.27. The van der Waals surface area contributed by atoms with E-state index in [4.69, 9.17) is 0 Å². The molecule has 6 rings (SSSR count). The summed E-state index contributed by atoms with van der Waals surface area (Å²) in [5.74, 6) is 1.64. The molecule has 1 aromatic heterocycles. The number of likely N-dealkylation sites (N-methyl/N-ethyl adjacent to an activating group) is 1. The molecular formula is C33H37FN4OS. The Morgan fingerprint density at radius 3 is 2.38 bits per heavy atom. The molecule has 1 aliphatic carbocycles. The van der Waals surface area contributed by atoms with Gasteiger partial charge in [0.25, 0.3) is 0 Å². The van der Waals surface area contributed by atoms with Crippen molar-refractivity contribution in [3.05, 3.63) is 72.0 Å². The number of amides is 1. The topological polar surface area (TPSA) is 52.2 Å². The summed E-state index contributed by atoms with van der Waals surface area (Å²) in [4.78, 5) is 26.1. The average Bonchev–Trinajstić information content (AvgIpc) is 3.41. The molecule has 0 radical (unpaired) electrons. The Hall–Kier alpha value is -3.16. The Balaban J connectivity index is 1.07. The molecule has 1 saturated heterocycles. The summed E-state index contributed by atoms with van der Waals surface area (Å²) in [5, 5.41) is 0. The molecule has 1 saturated carbocycles. The molecule has 2 fully saturated rings. The SMILES string of the molecule is CSc1ccc2nc(-c3ccc(-c4ccc(C5CCC(CC(=O)N6CCN(C)CC6)CC5)cc4)cc3F)[nH]c2c1. The number of imidazole rings is 1. The number of rotatable bonds is 6. The summed E-state index contributed by atoms with van der Waals surface area (Å²) in [5.41, 5.74) is 5.44.